The number of halogens is 1. The van der Waals surface area contributed by atoms with Crippen molar-refractivity contribution in [2.24, 2.45) is 11.8 Å². The molecule has 2 heterocycles. The van der Waals surface area contributed by atoms with E-state index in [1.165, 1.54) is 24.0 Å². The maximum absolute atomic E-state index is 6.42. The third-order valence-corrected chi connectivity index (χ3v) is 8.10. The molecule has 164 valence electrons. The van der Waals surface area contributed by atoms with Gasteiger partial charge in [-0.2, -0.15) is 0 Å². The van der Waals surface area contributed by atoms with E-state index >= 15 is 0 Å². The molecule has 2 aliphatic rings. The number of nitrogens with zero attached hydrogens (tertiary/aromatic N) is 1. The van der Waals surface area contributed by atoms with Crippen molar-refractivity contribution in [1.29, 1.82) is 0 Å². The van der Waals surface area contributed by atoms with Gasteiger partial charge >= 0.3 is 0 Å². The lowest BCUT2D eigenvalue weighted by atomic mass is 9.20. The monoisotopic (exact) mass is 563 g/mol. The van der Waals surface area contributed by atoms with Gasteiger partial charge in [0, 0.05) is 40.3 Å². The highest BCUT2D eigenvalue weighted by atomic mass is 127. The lowest BCUT2D eigenvalue weighted by molar-refractivity contribution is 0.0895. The largest absolute Gasteiger partial charge is 0.496 e. The first kappa shape index (κ1) is 28.0. The van der Waals surface area contributed by atoms with E-state index in [1.807, 2.05) is 21.2 Å². The van der Waals surface area contributed by atoms with Crippen molar-refractivity contribution in [3.8, 4) is 5.75 Å². The van der Waals surface area contributed by atoms with E-state index in [-0.39, 0.29) is 6.42 Å². The minimum atomic E-state index is -1.95. The predicted molar refractivity (Wildman–Crippen MR) is 152 cm³/mol. The number of hydrogen-bond donors (Lipinski definition) is 0. The quantitative estimate of drug-likeness (QED) is 0.261. The fraction of sp³-hybridized carbons (Fsp3) is 0.727. The van der Waals surface area contributed by atoms with Gasteiger partial charge in [-0.15, -0.1) is 5.21 Å². The van der Waals surface area contributed by atoms with Crippen LogP contribution in [0.15, 0.2) is 12.1 Å². The fourth-order valence-corrected chi connectivity index (χ4v) is 6.48. The number of ether oxygens (including phenoxy) is 1. The third kappa shape index (κ3) is 5.88. The lowest BCUT2D eigenvalue weighted by Crippen LogP contribution is -2.54. The van der Waals surface area contributed by atoms with Crippen LogP contribution in [0.2, 0.25) is 10.4 Å². The SMILES string of the molecule is [B]C([B])(Cc1cc2c(cc1OC)[C@H]1CC[C@H](CC(C)C)CN1CC2)C([B])([B])C([B])([B])OSI. The molecular weight excluding hydrogens is 534 g/mol. The molecule has 0 unspecified atom stereocenters. The zero-order valence-corrected chi connectivity index (χ0v) is 22.8. The van der Waals surface area contributed by atoms with Gasteiger partial charge < -0.3 is 8.92 Å². The number of hydrogen-bond acceptors (Lipinski definition) is 4. The van der Waals surface area contributed by atoms with Crippen molar-refractivity contribution in [3.05, 3.63) is 28.8 Å². The zero-order chi connectivity index (χ0) is 24.6. The van der Waals surface area contributed by atoms with Gasteiger partial charge in [0.1, 0.15) is 5.75 Å². The van der Waals surface area contributed by atoms with Gasteiger partial charge in [0.25, 0.3) is 0 Å². The summed E-state index contributed by atoms with van der Waals surface area (Å²) in [7, 11) is 40.0. The minimum absolute atomic E-state index is 0.118. The lowest BCUT2D eigenvalue weighted by Gasteiger charge is -2.54. The van der Waals surface area contributed by atoms with Crippen molar-refractivity contribution < 1.29 is 8.92 Å². The molecule has 0 aromatic heterocycles. The van der Waals surface area contributed by atoms with Crippen LogP contribution in [-0.4, -0.2) is 77.6 Å². The Morgan fingerprint density at radius 2 is 1.85 bits per heavy atom. The van der Waals surface area contributed by atoms with Gasteiger partial charge in [0.15, 0.2) is 0 Å². The van der Waals surface area contributed by atoms with Crippen molar-refractivity contribution >= 4 is 77.5 Å². The van der Waals surface area contributed by atoms with Gasteiger partial charge in [-0.1, -0.05) is 25.1 Å². The van der Waals surface area contributed by atoms with Gasteiger partial charge in [0.2, 0.25) is 0 Å². The molecule has 1 saturated heterocycles. The van der Waals surface area contributed by atoms with E-state index in [9.17, 15) is 0 Å². The van der Waals surface area contributed by atoms with Crippen LogP contribution < -0.4 is 4.74 Å². The highest BCUT2D eigenvalue weighted by Gasteiger charge is 2.46. The van der Waals surface area contributed by atoms with Crippen LogP contribution in [0.1, 0.15) is 55.8 Å². The van der Waals surface area contributed by atoms with Gasteiger partial charge in [-0.25, -0.2) is 0 Å². The van der Waals surface area contributed by atoms with E-state index in [4.69, 9.17) is 56.0 Å². The Bertz CT molecular complexity index is 841. The first-order chi connectivity index (χ1) is 15.3. The highest BCUT2D eigenvalue weighted by molar-refractivity contribution is 14.2. The molecule has 0 saturated carbocycles. The molecule has 0 spiro atoms. The molecule has 2 aliphatic heterocycles. The molecule has 3 nitrogen and oxygen atoms in total. The maximum Gasteiger partial charge on any atom is 0.122 e. The van der Waals surface area contributed by atoms with E-state index < -0.39 is 15.8 Å². The van der Waals surface area contributed by atoms with Gasteiger partial charge in [-0.05, 0) is 72.1 Å². The van der Waals surface area contributed by atoms with Gasteiger partial charge in [-0.3, -0.25) is 4.90 Å². The smallest absolute Gasteiger partial charge is 0.122 e. The summed E-state index contributed by atoms with van der Waals surface area (Å²) in [6, 6.07) is 4.67. The second-order valence-electron chi connectivity index (χ2n) is 10.2. The molecule has 12 radical (unpaired) electrons. The Morgan fingerprint density at radius 3 is 2.45 bits per heavy atom. The first-order valence-corrected chi connectivity index (χ1v) is 14.7. The standard InChI is InChI=1S/C22H28B6INO2S/c1-13(2)8-14-4-5-18-17-10-19(31-3)16(9-15(17)6-7-30(18)12-14)11-20(23,24)21(25,26)22(27,28)32-33-29/h9-10,13-14,18H,4-8,11-12H2,1-3H3/t14-,18-/m1/s1. The topological polar surface area (TPSA) is 21.7 Å². The maximum atomic E-state index is 6.42. The average Bonchev–Trinajstić information content (AvgIpc) is 2.72. The van der Waals surface area contributed by atoms with Crippen LogP contribution in [0.3, 0.4) is 0 Å². The number of rotatable bonds is 9. The molecule has 0 amide bonds. The summed E-state index contributed by atoms with van der Waals surface area (Å²) in [5.41, 5.74) is 3.44. The molecule has 3 rings (SSSR count). The zero-order valence-electron chi connectivity index (χ0n) is 19.9. The van der Waals surface area contributed by atoms with Crippen LogP contribution in [0.4, 0.5) is 0 Å². The fourth-order valence-electron chi connectivity index (χ4n) is 5.34. The summed E-state index contributed by atoms with van der Waals surface area (Å²) in [6.07, 6.45) is 4.78. The normalized spacial score (nSPS) is 22.1. The van der Waals surface area contributed by atoms with E-state index in [1.54, 1.807) is 7.11 Å². The minimum Gasteiger partial charge on any atom is -0.496 e. The Hall–Kier alpha value is 0.410. The number of fused-ring (bicyclic) bond motifs is 3. The molecule has 2 atom stereocenters. The van der Waals surface area contributed by atoms with Gasteiger partial charge in [0.05, 0.1) is 63.4 Å². The predicted octanol–water partition coefficient (Wildman–Crippen LogP) is 3.51. The average molecular weight is 562 g/mol. The van der Waals surface area contributed by atoms with Crippen molar-refractivity contribution in [2.75, 3.05) is 20.2 Å². The molecule has 1 aromatic carbocycles. The van der Waals surface area contributed by atoms with E-state index in [0.717, 1.165) is 52.5 Å². The first-order valence-electron chi connectivity index (χ1n) is 11.5. The van der Waals surface area contributed by atoms with Crippen LogP contribution >= 0.6 is 30.4 Å². The third-order valence-electron chi connectivity index (χ3n) is 7.23. The molecular formula is C22H28B6INO2S. The molecule has 11 heteroatoms. The summed E-state index contributed by atoms with van der Waals surface area (Å²) >= 11 is 1.88. The Kier molecular flexibility index (Phi) is 9.16. The van der Waals surface area contributed by atoms with Crippen molar-refractivity contribution in [3.63, 3.8) is 0 Å². The number of piperidine rings is 1. The van der Waals surface area contributed by atoms with Crippen LogP contribution in [0.25, 0.3) is 0 Å². The van der Waals surface area contributed by atoms with Crippen LogP contribution in [-0.2, 0) is 17.0 Å². The second-order valence-corrected chi connectivity index (χ2v) is 11.6. The molecule has 0 bridgehead atoms. The van der Waals surface area contributed by atoms with E-state index in [0.29, 0.717) is 11.8 Å². The number of benzene rings is 1. The Balaban J connectivity index is 1.86. The Labute approximate surface area is 224 Å². The Morgan fingerprint density at radius 1 is 1.15 bits per heavy atom. The summed E-state index contributed by atoms with van der Waals surface area (Å²) in [4.78, 5) is 2.63. The summed E-state index contributed by atoms with van der Waals surface area (Å²) in [5.74, 6) is 2.22. The highest BCUT2D eigenvalue weighted by Crippen LogP contribution is 2.53. The van der Waals surface area contributed by atoms with Crippen LogP contribution in [0.5, 0.6) is 5.75 Å². The number of methoxy groups -OCH3 is 1. The molecule has 0 N–H and O–H groups in total. The summed E-state index contributed by atoms with van der Waals surface area (Å²) in [5, 5.41) is -5.54. The van der Waals surface area contributed by atoms with Crippen molar-refractivity contribution in [2.45, 2.75) is 67.8 Å². The molecule has 1 fully saturated rings. The summed E-state index contributed by atoms with van der Waals surface area (Å²) in [6.45, 7) is 6.82. The molecule has 0 aliphatic carbocycles. The van der Waals surface area contributed by atoms with Crippen molar-refractivity contribution in [1.82, 2.24) is 4.90 Å². The van der Waals surface area contributed by atoms with E-state index in [2.05, 4.69) is 30.9 Å². The van der Waals surface area contributed by atoms with Crippen LogP contribution in [0, 0.1) is 11.8 Å². The molecule has 33 heavy (non-hydrogen) atoms. The molecule has 1 aromatic rings. The summed E-state index contributed by atoms with van der Waals surface area (Å²) < 4.78 is 11.0. The second kappa shape index (κ2) is 10.8.